The Balaban J connectivity index is 2.54. The van der Waals surface area contributed by atoms with Crippen LogP contribution < -0.4 is 5.73 Å². The highest BCUT2D eigenvalue weighted by Gasteiger charge is 2.32. The summed E-state index contributed by atoms with van der Waals surface area (Å²) in [4.78, 5) is 2.55. The molecule has 1 fully saturated rings. The van der Waals surface area contributed by atoms with Crippen LogP contribution in [0.2, 0.25) is 0 Å². The molecule has 0 aromatic carbocycles. The van der Waals surface area contributed by atoms with Gasteiger partial charge in [0.05, 0.1) is 0 Å². The lowest BCUT2D eigenvalue weighted by Crippen LogP contribution is -2.45. The molecular formula is C14H30N2. The predicted octanol–water partition coefficient (Wildman–Crippen LogP) is 3.02. The summed E-state index contributed by atoms with van der Waals surface area (Å²) in [5.41, 5.74) is 6.47. The number of rotatable bonds is 6. The van der Waals surface area contributed by atoms with Crippen molar-refractivity contribution in [3.05, 3.63) is 0 Å². The topological polar surface area (TPSA) is 29.3 Å². The highest BCUT2D eigenvalue weighted by atomic mass is 15.1. The van der Waals surface area contributed by atoms with Gasteiger partial charge in [-0.05, 0) is 44.7 Å². The smallest absolute Gasteiger partial charge is 0.00872 e. The van der Waals surface area contributed by atoms with Crippen LogP contribution in [-0.2, 0) is 0 Å². The third kappa shape index (κ3) is 3.46. The van der Waals surface area contributed by atoms with Gasteiger partial charge in [-0.1, -0.05) is 33.1 Å². The predicted molar refractivity (Wildman–Crippen MR) is 71.6 cm³/mol. The van der Waals surface area contributed by atoms with E-state index in [0.29, 0.717) is 5.41 Å². The summed E-state index contributed by atoms with van der Waals surface area (Å²) >= 11 is 0. The highest BCUT2D eigenvalue weighted by Crippen LogP contribution is 2.36. The van der Waals surface area contributed by atoms with Crippen molar-refractivity contribution < 1.29 is 0 Å². The molecule has 2 N–H and O–H groups in total. The first-order valence-corrected chi connectivity index (χ1v) is 7.07. The van der Waals surface area contributed by atoms with E-state index in [1.165, 1.54) is 51.5 Å². The van der Waals surface area contributed by atoms with Gasteiger partial charge in [0.2, 0.25) is 0 Å². The second-order valence-corrected chi connectivity index (χ2v) is 5.65. The molecule has 0 radical (unpaired) electrons. The first-order valence-electron chi connectivity index (χ1n) is 7.07. The van der Waals surface area contributed by atoms with E-state index in [1.54, 1.807) is 0 Å². The summed E-state index contributed by atoms with van der Waals surface area (Å²) in [6.45, 7) is 6.66. The van der Waals surface area contributed by atoms with E-state index in [4.69, 9.17) is 5.73 Å². The van der Waals surface area contributed by atoms with Crippen molar-refractivity contribution >= 4 is 0 Å². The Labute approximate surface area is 102 Å². The lowest BCUT2D eigenvalue weighted by molar-refractivity contribution is 0.0976. The molecule has 0 aromatic rings. The van der Waals surface area contributed by atoms with Crippen LogP contribution >= 0.6 is 0 Å². The van der Waals surface area contributed by atoms with Gasteiger partial charge < -0.3 is 10.6 Å². The van der Waals surface area contributed by atoms with Gasteiger partial charge in [-0.3, -0.25) is 0 Å². The maximum atomic E-state index is 6.04. The van der Waals surface area contributed by atoms with Gasteiger partial charge in [-0.15, -0.1) is 0 Å². The standard InChI is InChI=1S/C14H30N2/c1-4-13(5-2)16(3)12-14(11-15)9-7-6-8-10-14/h13H,4-12,15H2,1-3H3. The first kappa shape index (κ1) is 14.0. The van der Waals surface area contributed by atoms with E-state index in [2.05, 4.69) is 25.8 Å². The Morgan fingerprint density at radius 3 is 2.12 bits per heavy atom. The Hall–Kier alpha value is -0.0800. The van der Waals surface area contributed by atoms with E-state index in [0.717, 1.165) is 12.6 Å². The van der Waals surface area contributed by atoms with Gasteiger partial charge in [0.1, 0.15) is 0 Å². The van der Waals surface area contributed by atoms with Gasteiger partial charge in [0.15, 0.2) is 0 Å². The molecule has 0 unspecified atom stereocenters. The lowest BCUT2D eigenvalue weighted by atomic mass is 9.73. The van der Waals surface area contributed by atoms with Crippen molar-refractivity contribution in [3.8, 4) is 0 Å². The molecule has 0 aliphatic heterocycles. The van der Waals surface area contributed by atoms with E-state index in [-0.39, 0.29) is 0 Å². The molecule has 0 amide bonds. The van der Waals surface area contributed by atoms with E-state index < -0.39 is 0 Å². The number of hydrogen-bond acceptors (Lipinski definition) is 2. The quantitative estimate of drug-likeness (QED) is 0.754. The molecule has 1 rings (SSSR count). The Morgan fingerprint density at radius 1 is 1.12 bits per heavy atom. The average molecular weight is 226 g/mol. The van der Waals surface area contributed by atoms with Gasteiger partial charge in [0, 0.05) is 12.6 Å². The molecule has 96 valence electrons. The van der Waals surface area contributed by atoms with Crippen molar-refractivity contribution in [1.29, 1.82) is 0 Å². The molecule has 16 heavy (non-hydrogen) atoms. The molecule has 1 aliphatic carbocycles. The summed E-state index contributed by atoms with van der Waals surface area (Å²) in [5, 5.41) is 0. The van der Waals surface area contributed by atoms with Crippen LogP contribution in [0.15, 0.2) is 0 Å². The first-order chi connectivity index (χ1) is 7.67. The zero-order valence-corrected chi connectivity index (χ0v) is 11.5. The molecule has 0 bridgehead atoms. The number of hydrogen-bond donors (Lipinski definition) is 1. The van der Waals surface area contributed by atoms with Crippen LogP contribution in [0, 0.1) is 5.41 Å². The average Bonchev–Trinajstić information content (AvgIpc) is 2.32. The Kier molecular flexibility index (Phi) is 5.77. The van der Waals surface area contributed by atoms with Crippen LogP contribution in [0.4, 0.5) is 0 Å². The largest absolute Gasteiger partial charge is 0.330 e. The monoisotopic (exact) mass is 226 g/mol. The lowest BCUT2D eigenvalue weighted by Gasteiger charge is -2.41. The van der Waals surface area contributed by atoms with Gasteiger partial charge >= 0.3 is 0 Å². The second kappa shape index (κ2) is 6.61. The van der Waals surface area contributed by atoms with Crippen molar-refractivity contribution in [3.63, 3.8) is 0 Å². The molecule has 0 atom stereocenters. The summed E-state index contributed by atoms with van der Waals surface area (Å²) in [6.07, 6.45) is 9.38. The van der Waals surface area contributed by atoms with Gasteiger partial charge in [0.25, 0.3) is 0 Å². The van der Waals surface area contributed by atoms with E-state index in [9.17, 15) is 0 Å². The van der Waals surface area contributed by atoms with Crippen LogP contribution in [-0.4, -0.2) is 31.1 Å². The zero-order chi connectivity index (χ0) is 12.0. The highest BCUT2D eigenvalue weighted by molar-refractivity contribution is 4.87. The SMILES string of the molecule is CCC(CC)N(C)CC1(CN)CCCCC1. The minimum absolute atomic E-state index is 0.426. The fraction of sp³-hybridized carbons (Fsp3) is 1.00. The van der Waals surface area contributed by atoms with E-state index >= 15 is 0 Å². The summed E-state index contributed by atoms with van der Waals surface area (Å²) in [6, 6.07) is 0.741. The summed E-state index contributed by atoms with van der Waals surface area (Å²) < 4.78 is 0. The molecule has 0 saturated heterocycles. The van der Waals surface area contributed by atoms with Crippen molar-refractivity contribution in [2.75, 3.05) is 20.1 Å². The maximum Gasteiger partial charge on any atom is 0.00872 e. The van der Waals surface area contributed by atoms with Crippen LogP contribution in [0.25, 0.3) is 0 Å². The number of nitrogens with zero attached hydrogens (tertiary/aromatic N) is 1. The van der Waals surface area contributed by atoms with Crippen LogP contribution in [0.5, 0.6) is 0 Å². The molecule has 0 spiro atoms. The van der Waals surface area contributed by atoms with Crippen LogP contribution in [0.3, 0.4) is 0 Å². The summed E-state index contributed by atoms with van der Waals surface area (Å²) in [5.74, 6) is 0. The maximum absolute atomic E-state index is 6.04. The molecule has 2 heteroatoms. The summed E-state index contributed by atoms with van der Waals surface area (Å²) in [7, 11) is 2.28. The minimum atomic E-state index is 0.426. The third-order valence-electron chi connectivity index (χ3n) is 4.50. The van der Waals surface area contributed by atoms with Gasteiger partial charge in [-0.2, -0.15) is 0 Å². The van der Waals surface area contributed by atoms with E-state index in [1.807, 2.05) is 0 Å². The van der Waals surface area contributed by atoms with Crippen molar-refractivity contribution in [1.82, 2.24) is 4.90 Å². The second-order valence-electron chi connectivity index (χ2n) is 5.65. The van der Waals surface area contributed by atoms with Crippen molar-refractivity contribution in [2.45, 2.75) is 64.8 Å². The minimum Gasteiger partial charge on any atom is -0.330 e. The fourth-order valence-electron chi connectivity index (χ4n) is 3.30. The molecular weight excluding hydrogens is 196 g/mol. The molecule has 2 nitrogen and oxygen atoms in total. The molecule has 0 aromatic heterocycles. The number of nitrogens with two attached hydrogens (primary N) is 1. The van der Waals surface area contributed by atoms with Crippen molar-refractivity contribution in [2.24, 2.45) is 11.1 Å². The molecule has 1 aliphatic rings. The van der Waals surface area contributed by atoms with Gasteiger partial charge in [-0.25, -0.2) is 0 Å². The third-order valence-corrected chi connectivity index (χ3v) is 4.50. The zero-order valence-electron chi connectivity index (χ0n) is 11.5. The Morgan fingerprint density at radius 2 is 1.69 bits per heavy atom. The molecule has 1 saturated carbocycles. The fourth-order valence-corrected chi connectivity index (χ4v) is 3.30. The Bertz CT molecular complexity index is 181. The normalized spacial score (nSPS) is 20.6. The molecule has 0 heterocycles. The van der Waals surface area contributed by atoms with Crippen LogP contribution in [0.1, 0.15) is 58.8 Å².